The van der Waals surface area contributed by atoms with E-state index >= 15 is 0 Å². The Morgan fingerprint density at radius 1 is 1.16 bits per heavy atom. The van der Waals surface area contributed by atoms with Crippen molar-refractivity contribution in [2.24, 2.45) is 0 Å². The van der Waals surface area contributed by atoms with Crippen molar-refractivity contribution in [3.8, 4) is 0 Å². The topological polar surface area (TPSA) is 100 Å². The molecule has 1 aromatic heterocycles. The fraction of sp³-hybridized carbons (Fsp3) is 0.438. The summed E-state index contributed by atoms with van der Waals surface area (Å²) in [5.41, 5.74) is 1.82. The number of rotatable bonds is 7. The van der Waals surface area contributed by atoms with Crippen molar-refractivity contribution in [2.45, 2.75) is 33.9 Å². The normalized spacial score (nSPS) is 10.7. The van der Waals surface area contributed by atoms with Gasteiger partial charge in [-0.05, 0) is 18.1 Å². The van der Waals surface area contributed by atoms with Crippen LogP contribution in [0.4, 0.5) is 0 Å². The molecule has 1 aromatic carbocycles. The number of carbonyl (C=O) groups excluding carboxylic acids is 1. The molecule has 0 aliphatic carbocycles. The molecule has 25 heavy (non-hydrogen) atoms. The maximum absolute atomic E-state index is 11.5. The maximum Gasteiger partial charge on any atom is 0.360 e. The zero-order valence-electron chi connectivity index (χ0n) is 14.8. The van der Waals surface area contributed by atoms with Crippen molar-refractivity contribution in [3.05, 3.63) is 47.3 Å². The van der Waals surface area contributed by atoms with Gasteiger partial charge in [-0.25, -0.2) is 9.48 Å². The maximum atomic E-state index is 11.5. The Morgan fingerprint density at radius 2 is 1.76 bits per heavy atom. The van der Waals surface area contributed by atoms with Crippen LogP contribution in [0.5, 0.6) is 0 Å². The Balaban J connectivity index is 0.00000151. The van der Waals surface area contributed by atoms with Crippen molar-refractivity contribution in [1.82, 2.24) is 15.0 Å². The molecule has 0 unspecified atom stereocenters. The number of nitrogens with zero attached hydrogens (tertiary/aromatic N) is 3. The van der Waals surface area contributed by atoms with Gasteiger partial charge in [0.15, 0.2) is 5.69 Å². The molecule has 9 heteroatoms. The van der Waals surface area contributed by atoms with E-state index in [9.17, 15) is 13.2 Å². The third-order valence-corrected chi connectivity index (χ3v) is 3.38. The van der Waals surface area contributed by atoms with Gasteiger partial charge in [0.2, 0.25) is 0 Å². The minimum atomic E-state index is -3.46. The van der Waals surface area contributed by atoms with Gasteiger partial charge in [0, 0.05) is 0 Å². The van der Waals surface area contributed by atoms with Gasteiger partial charge in [0.1, 0.15) is 0 Å². The van der Waals surface area contributed by atoms with E-state index in [-0.39, 0.29) is 18.9 Å². The number of carbonyl (C=O) groups is 1. The monoisotopic (exact) mass is 369 g/mol. The van der Waals surface area contributed by atoms with Crippen LogP contribution < -0.4 is 0 Å². The van der Waals surface area contributed by atoms with E-state index < -0.39 is 16.1 Å². The van der Waals surface area contributed by atoms with Crippen molar-refractivity contribution in [3.63, 3.8) is 0 Å². The molecule has 0 saturated carbocycles. The van der Waals surface area contributed by atoms with E-state index in [1.54, 1.807) is 19.1 Å². The van der Waals surface area contributed by atoms with Crippen molar-refractivity contribution in [1.29, 1.82) is 0 Å². The fourth-order valence-electron chi connectivity index (χ4n) is 1.78. The smallest absolute Gasteiger partial charge is 0.360 e. The summed E-state index contributed by atoms with van der Waals surface area (Å²) >= 11 is 0. The lowest BCUT2D eigenvalue weighted by molar-refractivity contribution is 0.0519. The molecule has 0 N–H and O–H groups in total. The molecule has 2 aromatic rings. The summed E-state index contributed by atoms with van der Waals surface area (Å²) in [6.45, 7) is 6.43. The van der Waals surface area contributed by atoms with Crippen LogP contribution in [0, 0.1) is 0 Å². The van der Waals surface area contributed by atoms with Gasteiger partial charge >= 0.3 is 5.97 Å². The SMILES string of the molecule is CC.CCOC(=O)c1cn(Cc2ccc(COS(C)(=O)=O)cc2)nn1. The molecule has 0 amide bonds. The molecular weight excluding hydrogens is 346 g/mol. The minimum Gasteiger partial charge on any atom is -0.461 e. The molecule has 8 nitrogen and oxygen atoms in total. The Labute approximate surface area is 147 Å². The summed E-state index contributed by atoms with van der Waals surface area (Å²) in [5, 5.41) is 7.62. The molecule has 0 bridgehead atoms. The molecule has 0 fully saturated rings. The lowest BCUT2D eigenvalue weighted by Gasteiger charge is -2.04. The van der Waals surface area contributed by atoms with E-state index in [0.717, 1.165) is 17.4 Å². The quantitative estimate of drug-likeness (QED) is 0.543. The van der Waals surface area contributed by atoms with Crippen molar-refractivity contribution < 1.29 is 22.1 Å². The van der Waals surface area contributed by atoms with Gasteiger partial charge < -0.3 is 4.74 Å². The molecule has 0 radical (unpaired) electrons. The van der Waals surface area contributed by atoms with Gasteiger partial charge in [-0.1, -0.05) is 43.3 Å². The van der Waals surface area contributed by atoms with Crippen LogP contribution in [-0.4, -0.2) is 42.2 Å². The highest BCUT2D eigenvalue weighted by Crippen LogP contribution is 2.09. The first-order valence-corrected chi connectivity index (χ1v) is 9.68. The summed E-state index contributed by atoms with van der Waals surface area (Å²) < 4.78 is 33.0. The third-order valence-electron chi connectivity index (χ3n) is 2.83. The van der Waals surface area contributed by atoms with Gasteiger partial charge in [0.05, 0.1) is 32.2 Å². The molecule has 1 heterocycles. The highest BCUT2D eigenvalue weighted by Gasteiger charge is 2.11. The number of benzene rings is 1. The summed E-state index contributed by atoms with van der Waals surface area (Å²) in [4.78, 5) is 11.5. The highest BCUT2D eigenvalue weighted by molar-refractivity contribution is 7.85. The molecule has 0 saturated heterocycles. The zero-order chi connectivity index (χ0) is 18.9. The van der Waals surface area contributed by atoms with Crippen molar-refractivity contribution >= 4 is 16.1 Å². The van der Waals surface area contributed by atoms with E-state index in [0.29, 0.717) is 6.54 Å². The van der Waals surface area contributed by atoms with Crippen LogP contribution in [-0.2, 0) is 32.2 Å². The second kappa shape index (κ2) is 9.90. The lowest BCUT2D eigenvalue weighted by Crippen LogP contribution is -2.05. The van der Waals surface area contributed by atoms with E-state index in [1.165, 1.54) is 10.9 Å². The average molecular weight is 369 g/mol. The number of esters is 1. The lowest BCUT2D eigenvalue weighted by atomic mass is 10.1. The Morgan fingerprint density at radius 3 is 2.32 bits per heavy atom. The van der Waals surface area contributed by atoms with Crippen LogP contribution in [0.15, 0.2) is 30.5 Å². The standard InChI is InChI=1S/C14H17N3O5S.C2H6/c1-3-21-14(18)13-9-17(16-15-13)8-11-4-6-12(7-5-11)10-22-23(2,19)20;1-2/h4-7,9H,3,8,10H2,1-2H3;1-2H3. The Kier molecular flexibility index (Phi) is 8.23. The van der Waals surface area contributed by atoms with Crippen LogP contribution in [0.1, 0.15) is 42.4 Å². The highest BCUT2D eigenvalue weighted by atomic mass is 32.2. The summed E-state index contributed by atoms with van der Waals surface area (Å²) in [5.74, 6) is -0.507. The first kappa shape index (κ1) is 20.8. The Bertz CT molecular complexity index is 769. The van der Waals surface area contributed by atoms with Crippen LogP contribution in [0.3, 0.4) is 0 Å². The van der Waals surface area contributed by atoms with Gasteiger partial charge in [-0.2, -0.15) is 8.42 Å². The predicted octanol–water partition coefficient (Wildman–Crippen LogP) is 2.01. The number of hydrogen-bond donors (Lipinski definition) is 0. The Hall–Kier alpha value is -2.26. The van der Waals surface area contributed by atoms with E-state index in [2.05, 4.69) is 10.3 Å². The average Bonchev–Trinajstić information content (AvgIpc) is 3.04. The molecule has 0 spiro atoms. The van der Waals surface area contributed by atoms with Gasteiger partial charge in [-0.15, -0.1) is 5.10 Å². The first-order valence-electron chi connectivity index (χ1n) is 7.87. The van der Waals surface area contributed by atoms with E-state index in [1.807, 2.05) is 26.0 Å². The van der Waals surface area contributed by atoms with Crippen LogP contribution in [0.2, 0.25) is 0 Å². The minimum absolute atomic E-state index is 0.00452. The summed E-state index contributed by atoms with van der Waals surface area (Å²) in [6.07, 6.45) is 2.52. The van der Waals surface area contributed by atoms with Crippen LogP contribution in [0.25, 0.3) is 0 Å². The second-order valence-electron chi connectivity index (χ2n) is 4.80. The predicted molar refractivity (Wildman–Crippen MR) is 92.5 cm³/mol. The van der Waals surface area contributed by atoms with Crippen LogP contribution >= 0.6 is 0 Å². The van der Waals surface area contributed by atoms with Crippen molar-refractivity contribution in [2.75, 3.05) is 12.9 Å². The molecular formula is C16H23N3O5S. The molecule has 0 atom stereocenters. The molecule has 0 aliphatic heterocycles. The van der Waals surface area contributed by atoms with E-state index in [4.69, 9.17) is 8.92 Å². The molecule has 2 rings (SSSR count). The molecule has 0 aliphatic rings. The number of aromatic nitrogens is 3. The number of hydrogen-bond acceptors (Lipinski definition) is 7. The zero-order valence-corrected chi connectivity index (χ0v) is 15.6. The molecule has 138 valence electrons. The van der Waals surface area contributed by atoms with Gasteiger partial charge in [0.25, 0.3) is 10.1 Å². The number of ether oxygens (including phenoxy) is 1. The summed E-state index contributed by atoms with van der Waals surface area (Å²) in [7, 11) is -3.46. The second-order valence-corrected chi connectivity index (χ2v) is 6.45. The van der Waals surface area contributed by atoms with Gasteiger partial charge in [-0.3, -0.25) is 4.18 Å². The fourth-order valence-corrected chi connectivity index (χ4v) is 2.13. The third kappa shape index (κ3) is 7.44. The largest absolute Gasteiger partial charge is 0.461 e. The summed E-state index contributed by atoms with van der Waals surface area (Å²) in [6, 6.07) is 7.19. The first-order chi connectivity index (χ1) is 11.9.